The van der Waals surface area contributed by atoms with Gasteiger partial charge >= 0.3 is 11.9 Å². The first-order valence-corrected chi connectivity index (χ1v) is 19.3. The number of allylic oxidation sites excluding steroid dienone is 7. The molecule has 1 atom stereocenters. The summed E-state index contributed by atoms with van der Waals surface area (Å²) in [7, 11) is 0. The van der Waals surface area contributed by atoms with E-state index in [4.69, 9.17) is 9.84 Å². The highest BCUT2D eigenvalue weighted by Gasteiger charge is 2.11. The lowest BCUT2D eigenvalue weighted by Crippen LogP contribution is -2.28. The van der Waals surface area contributed by atoms with E-state index in [1.807, 2.05) is 6.08 Å². The van der Waals surface area contributed by atoms with E-state index in [2.05, 4.69) is 61.7 Å². The van der Waals surface area contributed by atoms with Crippen LogP contribution in [0.1, 0.15) is 181 Å². The molecule has 2 N–H and O–H groups in total. The number of ether oxygens (including phenoxy) is 1. The highest BCUT2D eigenvalue weighted by Crippen LogP contribution is 2.15. The van der Waals surface area contributed by atoms with Gasteiger partial charge in [0.05, 0.1) is 0 Å². The minimum Gasteiger partial charge on any atom is -0.480 e. The zero-order valence-corrected chi connectivity index (χ0v) is 30.4. The molecule has 6 heteroatoms. The number of aliphatic carboxylic acids is 1. The van der Waals surface area contributed by atoms with Crippen LogP contribution in [0.3, 0.4) is 0 Å². The van der Waals surface area contributed by atoms with Gasteiger partial charge in [0.2, 0.25) is 5.91 Å². The molecule has 0 fully saturated rings. The number of carboxylic acid groups (broad SMARTS) is 1. The molecule has 1 amide bonds. The fraction of sp³-hybridized carbons (Fsp3) is 0.732. The Bertz CT molecular complexity index is 860. The highest BCUT2D eigenvalue weighted by atomic mass is 16.5. The molecule has 47 heavy (non-hydrogen) atoms. The van der Waals surface area contributed by atoms with Crippen molar-refractivity contribution in [2.24, 2.45) is 0 Å². The topological polar surface area (TPSA) is 92.7 Å². The Balaban J connectivity index is 4.19. The van der Waals surface area contributed by atoms with Crippen LogP contribution in [0.4, 0.5) is 0 Å². The second-order valence-corrected chi connectivity index (χ2v) is 12.8. The lowest BCUT2D eigenvalue weighted by atomic mass is 10.1. The molecule has 0 rings (SSSR count). The molecular weight excluding hydrogens is 586 g/mol. The summed E-state index contributed by atoms with van der Waals surface area (Å²) >= 11 is 0. The maximum Gasteiger partial charge on any atom is 0.322 e. The van der Waals surface area contributed by atoms with Crippen molar-refractivity contribution in [2.45, 2.75) is 187 Å². The Morgan fingerprint density at radius 1 is 0.574 bits per heavy atom. The fourth-order valence-corrected chi connectivity index (χ4v) is 5.32. The molecule has 0 aliphatic carbocycles. The van der Waals surface area contributed by atoms with Gasteiger partial charge in [0, 0.05) is 12.8 Å². The summed E-state index contributed by atoms with van der Waals surface area (Å²) in [6.45, 7) is 4.14. The van der Waals surface area contributed by atoms with E-state index < -0.39 is 5.97 Å². The van der Waals surface area contributed by atoms with Gasteiger partial charge in [-0.15, -0.1) is 0 Å². The molecule has 0 radical (unpaired) electrons. The number of carbonyl (C=O) groups excluding carboxylic acids is 2. The molecule has 0 aromatic heterocycles. The van der Waals surface area contributed by atoms with Gasteiger partial charge in [0.25, 0.3) is 0 Å². The minimum absolute atomic E-state index is 0.108. The van der Waals surface area contributed by atoms with Crippen molar-refractivity contribution in [3.63, 3.8) is 0 Å². The quantitative estimate of drug-likeness (QED) is 0.0408. The van der Waals surface area contributed by atoms with Crippen LogP contribution in [0, 0.1) is 0 Å². The van der Waals surface area contributed by atoms with Gasteiger partial charge < -0.3 is 15.2 Å². The molecule has 270 valence electrons. The molecule has 0 aromatic rings. The number of carbonyl (C=O) groups is 3. The average molecular weight is 658 g/mol. The lowest BCUT2D eigenvalue weighted by molar-refractivity contribution is -0.147. The normalized spacial score (nSPS) is 12.6. The van der Waals surface area contributed by atoms with Crippen molar-refractivity contribution >= 4 is 17.8 Å². The average Bonchev–Trinajstić information content (AvgIpc) is 3.05. The SMILES string of the molecule is CCCCC/C=C\C/C=C\CCCCCCCCCC(=O)OC(/C=C\C/C=C\CCCCCC)CCCCCCC(=O)NCC(=O)O. The zero-order valence-electron chi connectivity index (χ0n) is 30.4. The summed E-state index contributed by atoms with van der Waals surface area (Å²) < 4.78 is 5.87. The Morgan fingerprint density at radius 3 is 1.64 bits per heavy atom. The van der Waals surface area contributed by atoms with E-state index in [1.54, 1.807) is 0 Å². The first-order chi connectivity index (χ1) is 23.0. The number of amides is 1. The van der Waals surface area contributed by atoms with Crippen LogP contribution in [0.25, 0.3) is 0 Å². The predicted octanol–water partition coefficient (Wildman–Crippen LogP) is 11.5. The van der Waals surface area contributed by atoms with Crippen molar-refractivity contribution in [1.29, 1.82) is 0 Å². The number of nitrogens with one attached hydrogen (secondary N) is 1. The Hall–Kier alpha value is -2.63. The van der Waals surface area contributed by atoms with Gasteiger partial charge in [-0.25, -0.2) is 0 Å². The molecule has 0 spiro atoms. The third kappa shape index (κ3) is 36.1. The van der Waals surface area contributed by atoms with Crippen LogP contribution >= 0.6 is 0 Å². The van der Waals surface area contributed by atoms with E-state index in [9.17, 15) is 14.4 Å². The van der Waals surface area contributed by atoms with Crippen molar-refractivity contribution in [2.75, 3.05) is 6.54 Å². The molecule has 0 saturated heterocycles. The van der Waals surface area contributed by atoms with Crippen molar-refractivity contribution in [1.82, 2.24) is 5.32 Å². The molecule has 0 bridgehead atoms. The monoisotopic (exact) mass is 658 g/mol. The molecule has 0 aliphatic heterocycles. The number of carboxylic acids is 1. The van der Waals surface area contributed by atoms with Gasteiger partial charge in [0.1, 0.15) is 12.6 Å². The number of esters is 1. The number of unbranched alkanes of at least 4 members (excludes halogenated alkanes) is 17. The van der Waals surface area contributed by atoms with Gasteiger partial charge in [-0.05, 0) is 83.1 Å². The van der Waals surface area contributed by atoms with E-state index in [0.29, 0.717) is 12.8 Å². The third-order valence-electron chi connectivity index (χ3n) is 8.21. The molecular formula is C41H71NO5. The summed E-state index contributed by atoms with van der Waals surface area (Å²) in [5, 5.41) is 11.1. The highest BCUT2D eigenvalue weighted by molar-refractivity contribution is 5.80. The van der Waals surface area contributed by atoms with E-state index in [1.165, 1.54) is 89.9 Å². The summed E-state index contributed by atoms with van der Waals surface area (Å²) in [6, 6.07) is 0. The van der Waals surface area contributed by atoms with E-state index in [-0.39, 0.29) is 24.5 Å². The summed E-state index contributed by atoms with van der Waals surface area (Å²) in [4.78, 5) is 34.9. The van der Waals surface area contributed by atoms with Crippen LogP contribution < -0.4 is 5.32 Å². The van der Waals surface area contributed by atoms with Crippen LogP contribution in [0.5, 0.6) is 0 Å². The van der Waals surface area contributed by atoms with Gasteiger partial charge in [0.15, 0.2) is 0 Å². The molecule has 0 heterocycles. The summed E-state index contributed by atoms with van der Waals surface area (Å²) in [5.74, 6) is -1.36. The lowest BCUT2D eigenvalue weighted by Gasteiger charge is -2.14. The zero-order chi connectivity index (χ0) is 34.5. The fourth-order valence-electron chi connectivity index (χ4n) is 5.32. The molecule has 0 aromatic carbocycles. The first kappa shape index (κ1) is 44.4. The minimum atomic E-state index is -1.03. The first-order valence-electron chi connectivity index (χ1n) is 19.3. The second kappa shape index (κ2) is 36.2. The van der Waals surface area contributed by atoms with Crippen molar-refractivity contribution in [3.8, 4) is 0 Å². The summed E-state index contributed by atoms with van der Waals surface area (Å²) in [5.41, 5.74) is 0. The smallest absolute Gasteiger partial charge is 0.322 e. The molecule has 0 aliphatic rings. The molecule has 6 nitrogen and oxygen atoms in total. The molecule has 0 saturated carbocycles. The predicted molar refractivity (Wildman–Crippen MR) is 198 cm³/mol. The van der Waals surface area contributed by atoms with Crippen LogP contribution in [-0.4, -0.2) is 35.6 Å². The van der Waals surface area contributed by atoms with Crippen LogP contribution in [0.2, 0.25) is 0 Å². The number of rotatable bonds is 34. The third-order valence-corrected chi connectivity index (χ3v) is 8.21. The standard InChI is InChI=1S/C41H71NO5/c1-3-5-7-9-11-13-14-15-16-17-18-19-20-22-24-26-32-36-41(46)47-38(33-29-25-23-21-12-10-8-6-4-2)34-30-27-28-31-35-39(43)42-37-40(44)45/h11,13,15-16,21,23,29,33,38H,3-10,12,14,17-20,22,24-28,30-32,34-37H2,1-2H3,(H,42,43)(H,44,45)/b13-11-,16-15-,23-21-,33-29-. The van der Waals surface area contributed by atoms with Crippen LogP contribution in [-0.2, 0) is 19.1 Å². The van der Waals surface area contributed by atoms with Gasteiger partial charge in [-0.1, -0.05) is 133 Å². The van der Waals surface area contributed by atoms with E-state index in [0.717, 1.165) is 64.2 Å². The van der Waals surface area contributed by atoms with Crippen molar-refractivity contribution < 1.29 is 24.2 Å². The Kier molecular flexibility index (Phi) is 34.2. The second-order valence-electron chi connectivity index (χ2n) is 12.8. The Morgan fingerprint density at radius 2 is 1.04 bits per heavy atom. The number of hydrogen-bond acceptors (Lipinski definition) is 4. The van der Waals surface area contributed by atoms with Gasteiger partial charge in [-0.3, -0.25) is 14.4 Å². The molecule has 1 unspecified atom stereocenters. The maximum absolute atomic E-state index is 12.6. The Labute approximate surface area is 289 Å². The largest absolute Gasteiger partial charge is 0.480 e. The van der Waals surface area contributed by atoms with Crippen LogP contribution in [0.15, 0.2) is 48.6 Å². The van der Waals surface area contributed by atoms with E-state index >= 15 is 0 Å². The summed E-state index contributed by atoms with van der Waals surface area (Å²) in [6.07, 6.45) is 45.3. The maximum atomic E-state index is 12.6. The number of hydrogen-bond donors (Lipinski definition) is 2. The van der Waals surface area contributed by atoms with Gasteiger partial charge in [-0.2, -0.15) is 0 Å². The van der Waals surface area contributed by atoms with Crippen molar-refractivity contribution in [3.05, 3.63) is 48.6 Å².